The van der Waals surface area contributed by atoms with Gasteiger partial charge in [-0.25, -0.2) is 9.18 Å². The molecule has 0 aliphatic carbocycles. The van der Waals surface area contributed by atoms with Gasteiger partial charge in [0.1, 0.15) is 5.82 Å². The van der Waals surface area contributed by atoms with E-state index in [2.05, 4.69) is 13.8 Å². The summed E-state index contributed by atoms with van der Waals surface area (Å²) in [5, 5.41) is 10.3. The number of benzene rings is 2. The number of aromatic carboxylic acids is 1. The number of carboxylic acids is 1. The van der Waals surface area contributed by atoms with Gasteiger partial charge in [0.2, 0.25) is 0 Å². The Bertz CT molecular complexity index is 1000. The molecule has 0 aliphatic heterocycles. The lowest BCUT2D eigenvalue weighted by molar-refractivity contribution is 0.0695. The predicted molar refractivity (Wildman–Crippen MR) is 109 cm³/mol. The fraction of sp³-hybridized carbons (Fsp3) is 0.217. The molecule has 28 heavy (non-hydrogen) atoms. The SMILES string of the molecule is CC(C)Cc1nc(Cc2ccc(F)cc2)c(C(=O)O)cc1-c1cccc(Cl)c1. The van der Waals surface area contributed by atoms with Gasteiger partial charge < -0.3 is 5.11 Å². The summed E-state index contributed by atoms with van der Waals surface area (Å²) in [5.74, 6) is -1.02. The van der Waals surface area contributed by atoms with Crippen molar-refractivity contribution in [2.75, 3.05) is 0 Å². The lowest BCUT2D eigenvalue weighted by Crippen LogP contribution is -2.11. The second kappa shape index (κ2) is 8.53. The van der Waals surface area contributed by atoms with Gasteiger partial charge >= 0.3 is 5.97 Å². The molecular formula is C23H21ClFNO2. The number of rotatable bonds is 6. The molecule has 2 aromatic carbocycles. The van der Waals surface area contributed by atoms with E-state index in [4.69, 9.17) is 16.6 Å². The maximum atomic E-state index is 13.2. The Morgan fingerprint density at radius 1 is 1.11 bits per heavy atom. The van der Waals surface area contributed by atoms with Crippen LogP contribution in [0.4, 0.5) is 4.39 Å². The molecule has 0 atom stereocenters. The van der Waals surface area contributed by atoms with Crippen LogP contribution < -0.4 is 0 Å². The standard InChI is InChI=1S/C23H21ClFNO2/c1-14(2)10-21-19(16-4-3-5-17(24)12-16)13-20(23(27)28)22(26-21)11-15-6-8-18(25)9-7-15/h3-9,12-14H,10-11H2,1-2H3,(H,27,28). The monoisotopic (exact) mass is 397 g/mol. The molecule has 3 nitrogen and oxygen atoms in total. The van der Waals surface area contributed by atoms with Crippen LogP contribution in [-0.2, 0) is 12.8 Å². The summed E-state index contributed by atoms with van der Waals surface area (Å²) >= 11 is 6.14. The lowest BCUT2D eigenvalue weighted by Gasteiger charge is -2.16. The van der Waals surface area contributed by atoms with E-state index in [0.29, 0.717) is 29.5 Å². The Labute approximate surface area is 168 Å². The van der Waals surface area contributed by atoms with E-state index in [9.17, 15) is 14.3 Å². The first-order valence-corrected chi connectivity index (χ1v) is 9.47. The molecule has 144 valence electrons. The van der Waals surface area contributed by atoms with Crippen molar-refractivity contribution in [1.29, 1.82) is 0 Å². The molecule has 5 heteroatoms. The summed E-state index contributed by atoms with van der Waals surface area (Å²) in [6.07, 6.45) is 1.03. The molecule has 0 radical (unpaired) electrons. The number of halogens is 2. The van der Waals surface area contributed by atoms with Gasteiger partial charge in [0, 0.05) is 22.7 Å². The van der Waals surface area contributed by atoms with Crippen molar-refractivity contribution in [2.24, 2.45) is 5.92 Å². The molecule has 3 aromatic rings. The number of carboxylic acid groups (broad SMARTS) is 1. The van der Waals surface area contributed by atoms with Gasteiger partial charge in [-0.3, -0.25) is 4.98 Å². The van der Waals surface area contributed by atoms with Gasteiger partial charge in [-0.2, -0.15) is 0 Å². The minimum atomic E-state index is -1.04. The Morgan fingerprint density at radius 3 is 2.43 bits per heavy atom. The van der Waals surface area contributed by atoms with E-state index in [-0.39, 0.29) is 11.4 Å². The molecular weight excluding hydrogens is 377 g/mol. The van der Waals surface area contributed by atoms with Gasteiger partial charge in [-0.15, -0.1) is 0 Å². The van der Waals surface area contributed by atoms with Crippen LogP contribution in [0.25, 0.3) is 11.1 Å². The number of hydrogen-bond donors (Lipinski definition) is 1. The van der Waals surface area contributed by atoms with Crippen LogP contribution in [0.15, 0.2) is 54.6 Å². The molecule has 0 aliphatic rings. The van der Waals surface area contributed by atoms with Gasteiger partial charge in [-0.05, 0) is 53.8 Å². The van der Waals surface area contributed by atoms with Crippen LogP contribution in [0.1, 0.15) is 41.2 Å². The molecule has 0 spiro atoms. The zero-order valence-corrected chi connectivity index (χ0v) is 16.5. The zero-order valence-electron chi connectivity index (χ0n) is 15.7. The highest BCUT2D eigenvalue weighted by Gasteiger charge is 2.19. The molecule has 0 saturated heterocycles. The molecule has 0 bridgehead atoms. The van der Waals surface area contributed by atoms with Crippen LogP contribution in [0.5, 0.6) is 0 Å². The smallest absolute Gasteiger partial charge is 0.337 e. The van der Waals surface area contributed by atoms with E-state index in [1.807, 2.05) is 18.2 Å². The second-order valence-corrected chi connectivity index (χ2v) is 7.63. The maximum absolute atomic E-state index is 13.2. The number of hydrogen-bond acceptors (Lipinski definition) is 2. The first-order chi connectivity index (χ1) is 13.3. The van der Waals surface area contributed by atoms with E-state index >= 15 is 0 Å². The highest BCUT2D eigenvalue weighted by atomic mass is 35.5. The third kappa shape index (κ3) is 4.76. The van der Waals surface area contributed by atoms with Crippen LogP contribution in [0.3, 0.4) is 0 Å². The normalized spacial score (nSPS) is 11.0. The van der Waals surface area contributed by atoms with Gasteiger partial charge in [0.15, 0.2) is 0 Å². The Balaban J connectivity index is 2.14. The molecule has 1 aromatic heterocycles. The fourth-order valence-electron chi connectivity index (χ4n) is 3.16. The molecule has 0 unspecified atom stereocenters. The lowest BCUT2D eigenvalue weighted by atomic mass is 9.94. The van der Waals surface area contributed by atoms with Crippen molar-refractivity contribution < 1.29 is 14.3 Å². The van der Waals surface area contributed by atoms with Gasteiger partial charge in [0.05, 0.1) is 11.3 Å². The highest BCUT2D eigenvalue weighted by Crippen LogP contribution is 2.30. The number of pyridine rings is 1. The van der Waals surface area contributed by atoms with Crippen LogP contribution in [-0.4, -0.2) is 16.1 Å². The topological polar surface area (TPSA) is 50.2 Å². The molecule has 1 N–H and O–H groups in total. The van der Waals surface area contributed by atoms with E-state index in [0.717, 1.165) is 22.4 Å². The summed E-state index contributed by atoms with van der Waals surface area (Å²) in [6.45, 7) is 4.18. The summed E-state index contributed by atoms with van der Waals surface area (Å²) in [6, 6.07) is 15.0. The summed E-state index contributed by atoms with van der Waals surface area (Å²) in [7, 11) is 0. The molecule has 0 amide bonds. The van der Waals surface area contributed by atoms with Crippen LogP contribution in [0, 0.1) is 11.7 Å². The number of nitrogens with zero attached hydrogens (tertiary/aromatic N) is 1. The van der Waals surface area contributed by atoms with E-state index < -0.39 is 5.97 Å². The molecule has 0 saturated carbocycles. The minimum Gasteiger partial charge on any atom is -0.478 e. The van der Waals surface area contributed by atoms with E-state index in [1.165, 1.54) is 12.1 Å². The van der Waals surface area contributed by atoms with Crippen molar-refractivity contribution in [3.05, 3.63) is 88.0 Å². The molecule has 3 rings (SSSR count). The van der Waals surface area contributed by atoms with Gasteiger partial charge in [-0.1, -0.05) is 49.7 Å². The average molecular weight is 398 g/mol. The van der Waals surface area contributed by atoms with Crippen LogP contribution >= 0.6 is 11.6 Å². The fourth-order valence-corrected chi connectivity index (χ4v) is 3.35. The Morgan fingerprint density at radius 2 is 1.82 bits per heavy atom. The Hall–Kier alpha value is -2.72. The first kappa shape index (κ1) is 20.0. The van der Waals surface area contributed by atoms with Crippen molar-refractivity contribution >= 4 is 17.6 Å². The molecule has 0 fully saturated rings. The largest absolute Gasteiger partial charge is 0.478 e. The minimum absolute atomic E-state index is 0.145. The van der Waals surface area contributed by atoms with Crippen LogP contribution in [0.2, 0.25) is 5.02 Å². The second-order valence-electron chi connectivity index (χ2n) is 7.19. The quantitative estimate of drug-likeness (QED) is 0.552. The third-order valence-corrected chi connectivity index (χ3v) is 4.67. The maximum Gasteiger partial charge on any atom is 0.337 e. The average Bonchev–Trinajstić information content (AvgIpc) is 2.63. The van der Waals surface area contributed by atoms with Crippen molar-refractivity contribution in [1.82, 2.24) is 4.98 Å². The van der Waals surface area contributed by atoms with E-state index in [1.54, 1.807) is 24.3 Å². The Kier molecular flexibility index (Phi) is 6.10. The summed E-state index contributed by atoms with van der Waals surface area (Å²) in [4.78, 5) is 16.7. The highest BCUT2D eigenvalue weighted by molar-refractivity contribution is 6.30. The summed E-state index contributed by atoms with van der Waals surface area (Å²) in [5.41, 5.74) is 3.87. The van der Waals surface area contributed by atoms with Crippen molar-refractivity contribution in [3.8, 4) is 11.1 Å². The zero-order chi connectivity index (χ0) is 20.3. The predicted octanol–water partition coefficient (Wildman–Crippen LogP) is 6.03. The third-order valence-electron chi connectivity index (χ3n) is 4.43. The number of carbonyl (C=O) groups is 1. The van der Waals surface area contributed by atoms with Gasteiger partial charge in [0.25, 0.3) is 0 Å². The summed E-state index contributed by atoms with van der Waals surface area (Å²) < 4.78 is 13.2. The van der Waals surface area contributed by atoms with Crippen molar-refractivity contribution in [3.63, 3.8) is 0 Å². The van der Waals surface area contributed by atoms with Crippen molar-refractivity contribution in [2.45, 2.75) is 26.7 Å². The first-order valence-electron chi connectivity index (χ1n) is 9.10. The number of aromatic nitrogens is 1. The molecule has 1 heterocycles.